The van der Waals surface area contributed by atoms with E-state index in [0.717, 1.165) is 21.2 Å². The van der Waals surface area contributed by atoms with Crippen molar-refractivity contribution in [3.05, 3.63) is 87.4 Å². The first-order chi connectivity index (χ1) is 11.5. The van der Waals surface area contributed by atoms with Gasteiger partial charge in [0.2, 0.25) is 0 Å². The second kappa shape index (κ2) is 7.20. The highest BCUT2D eigenvalue weighted by Gasteiger charge is 2.14. The minimum atomic E-state index is -0.429. The monoisotopic (exact) mass is 400 g/mol. The van der Waals surface area contributed by atoms with Gasteiger partial charge in [0.05, 0.1) is 10.6 Å². The minimum absolute atomic E-state index is 0.386. The number of aryl methyl sites for hydroxylation is 1. The predicted molar refractivity (Wildman–Crippen MR) is 101 cm³/mol. The largest absolute Gasteiger partial charge is 0.421 e. The molecular formula is C20H14BrClO2. The Hall–Kier alpha value is -2.10. The number of hydrogen-bond donors (Lipinski definition) is 0. The third-order valence-corrected chi connectivity index (χ3v) is 4.36. The number of hydrogen-bond acceptors (Lipinski definition) is 2. The van der Waals surface area contributed by atoms with Gasteiger partial charge in [-0.15, -0.1) is 0 Å². The Morgan fingerprint density at radius 3 is 2.21 bits per heavy atom. The highest BCUT2D eigenvalue weighted by Crippen LogP contribution is 2.32. The van der Waals surface area contributed by atoms with Gasteiger partial charge in [-0.2, -0.15) is 0 Å². The minimum Gasteiger partial charge on any atom is -0.421 e. The van der Waals surface area contributed by atoms with Crippen molar-refractivity contribution in [2.45, 2.75) is 6.92 Å². The summed E-state index contributed by atoms with van der Waals surface area (Å²) in [5.41, 5.74) is 3.42. The second-order valence-corrected chi connectivity index (χ2v) is 6.69. The van der Waals surface area contributed by atoms with E-state index in [-0.39, 0.29) is 0 Å². The van der Waals surface area contributed by atoms with Crippen molar-refractivity contribution < 1.29 is 9.53 Å². The number of carbonyl (C=O) groups excluding carboxylic acids is 1. The Kier molecular flexibility index (Phi) is 5.03. The molecule has 2 nitrogen and oxygen atoms in total. The molecule has 0 aliphatic carbocycles. The zero-order valence-corrected chi connectivity index (χ0v) is 15.3. The Labute approximate surface area is 154 Å². The fourth-order valence-electron chi connectivity index (χ4n) is 2.40. The van der Waals surface area contributed by atoms with Crippen LogP contribution in [-0.2, 0) is 0 Å². The van der Waals surface area contributed by atoms with E-state index in [4.69, 9.17) is 16.3 Å². The highest BCUT2D eigenvalue weighted by molar-refractivity contribution is 9.10. The molecule has 0 unspecified atom stereocenters. The summed E-state index contributed by atoms with van der Waals surface area (Å²) >= 11 is 9.53. The lowest BCUT2D eigenvalue weighted by Gasteiger charge is -2.10. The summed E-state index contributed by atoms with van der Waals surface area (Å²) in [7, 11) is 0. The number of halogens is 2. The summed E-state index contributed by atoms with van der Waals surface area (Å²) in [6.45, 7) is 1.84. The van der Waals surface area contributed by atoms with Crippen LogP contribution in [0.3, 0.4) is 0 Å². The van der Waals surface area contributed by atoms with Crippen molar-refractivity contribution >= 4 is 33.5 Å². The maximum absolute atomic E-state index is 12.4. The molecule has 4 heteroatoms. The van der Waals surface area contributed by atoms with E-state index in [9.17, 15) is 4.79 Å². The predicted octanol–water partition coefficient (Wildman–Crippen LogP) is 6.30. The first kappa shape index (κ1) is 16.7. The van der Waals surface area contributed by atoms with Gasteiger partial charge in [0.15, 0.2) is 5.75 Å². The van der Waals surface area contributed by atoms with Crippen molar-refractivity contribution in [3.8, 4) is 16.9 Å². The molecule has 0 amide bonds. The number of rotatable bonds is 3. The summed E-state index contributed by atoms with van der Waals surface area (Å²) in [6.07, 6.45) is 0. The third-order valence-electron chi connectivity index (χ3n) is 3.62. The number of ether oxygens (including phenoxy) is 1. The van der Waals surface area contributed by atoms with E-state index < -0.39 is 5.97 Å². The Balaban J connectivity index is 1.81. The maximum Gasteiger partial charge on any atom is 0.343 e. The molecule has 0 fully saturated rings. The lowest BCUT2D eigenvalue weighted by molar-refractivity contribution is 0.0733. The second-order valence-electron chi connectivity index (χ2n) is 5.37. The molecule has 0 aliphatic rings. The van der Waals surface area contributed by atoms with Crippen molar-refractivity contribution in [2.24, 2.45) is 0 Å². The molecule has 3 rings (SSSR count). The smallest absolute Gasteiger partial charge is 0.343 e. The first-order valence-corrected chi connectivity index (χ1v) is 8.55. The van der Waals surface area contributed by atoms with Crippen molar-refractivity contribution in [1.29, 1.82) is 0 Å². The van der Waals surface area contributed by atoms with E-state index >= 15 is 0 Å². The molecule has 3 aromatic carbocycles. The molecule has 24 heavy (non-hydrogen) atoms. The molecule has 0 atom stereocenters. The van der Waals surface area contributed by atoms with Gasteiger partial charge < -0.3 is 4.74 Å². The molecule has 120 valence electrons. The van der Waals surface area contributed by atoms with Crippen LogP contribution < -0.4 is 4.74 Å². The van der Waals surface area contributed by atoms with Crippen LogP contribution >= 0.6 is 27.5 Å². The Bertz CT molecular complexity index is 851. The van der Waals surface area contributed by atoms with E-state index in [1.807, 2.05) is 55.5 Å². The Morgan fingerprint density at radius 2 is 1.58 bits per heavy atom. The van der Waals surface area contributed by atoms with Gasteiger partial charge in [0, 0.05) is 4.47 Å². The Morgan fingerprint density at radius 1 is 0.958 bits per heavy atom. The van der Waals surface area contributed by atoms with Crippen LogP contribution in [0.1, 0.15) is 15.9 Å². The van der Waals surface area contributed by atoms with Gasteiger partial charge in [0.1, 0.15) is 0 Å². The van der Waals surface area contributed by atoms with Crippen molar-refractivity contribution in [3.63, 3.8) is 0 Å². The molecule has 0 N–H and O–H groups in total. The molecule has 0 aliphatic heterocycles. The van der Waals surface area contributed by atoms with Crippen molar-refractivity contribution in [1.82, 2.24) is 0 Å². The normalized spacial score (nSPS) is 10.5. The molecule has 0 saturated carbocycles. The molecule has 3 aromatic rings. The summed E-state index contributed by atoms with van der Waals surface area (Å²) in [4.78, 5) is 12.4. The van der Waals surface area contributed by atoms with Gasteiger partial charge in [-0.1, -0.05) is 70.0 Å². The molecule has 0 radical (unpaired) electrons. The van der Waals surface area contributed by atoms with Crippen LogP contribution in [0.25, 0.3) is 11.1 Å². The molecule has 0 heterocycles. The average Bonchev–Trinajstić information content (AvgIpc) is 2.59. The quantitative estimate of drug-likeness (QED) is 0.380. The molecular weight excluding hydrogens is 388 g/mol. The summed E-state index contributed by atoms with van der Waals surface area (Å²) in [5.74, 6) is -0.0427. The number of benzene rings is 3. The van der Waals surface area contributed by atoms with Gasteiger partial charge >= 0.3 is 5.97 Å². The van der Waals surface area contributed by atoms with E-state index in [2.05, 4.69) is 15.9 Å². The summed E-state index contributed by atoms with van der Waals surface area (Å²) in [6, 6.07) is 20.9. The zero-order chi connectivity index (χ0) is 17.1. The SMILES string of the molecule is Cc1cc(Br)cc(Cl)c1OC(=O)c1ccc(-c2ccccc2)cc1. The number of carbonyl (C=O) groups is 1. The fourth-order valence-corrected chi connectivity index (χ4v) is 3.41. The average molecular weight is 402 g/mol. The zero-order valence-electron chi connectivity index (χ0n) is 12.9. The van der Waals surface area contributed by atoms with Crippen LogP contribution in [-0.4, -0.2) is 5.97 Å². The molecule has 0 saturated heterocycles. The standard InChI is InChI=1S/C20H14BrClO2/c1-13-11-17(21)12-18(22)19(13)24-20(23)16-9-7-15(8-10-16)14-5-3-2-4-6-14/h2-12H,1H3. The van der Waals surface area contributed by atoms with Crippen LogP contribution in [0.4, 0.5) is 0 Å². The van der Waals surface area contributed by atoms with Crippen LogP contribution in [0.15, 0.2) is 71.2 Å². The van der Waals surface area contributed by atoms with Crippen LogP contribution in [0, 0.1) is 6.92 Å². The van der Waals surface area contributed by atoms with E-state index in [1.165, 1.54) is 0 Å². The molecule has 0 bridgehead atoms. The first-order valence-electron chi connectivity index (χ1n) is 7.38. The summed E-state index contributed by atoms with van der Waals surface area (Å²) < 4.78 is 6.32. The molecule has 0 spiro atoms. The van der Waals surface area contributed by atoms with E-state index in [0.29, 0.717) is 16.3 Å². The lowest BCUT2D eigenvalue weighted by Crippen LogP contribution is -2.09. The number of esters is 1. The van der Waals surface area contributed by atoms with Crippen molar-refractivity contribution in [2.75, 3.05) is 0 Å². The third kappa shape index (κ3) is 3.69. The fraction of sp³-hybridized carbons (Fsp3) is 0.0500. The van der Waals surface area contributed by atoms with Gasteiger partial charge in [0.25, 0.3) is 0 Å². The van der Waals surface area contributed by atoms with Crippen LogP contribution in [0.2, 0.25) is 5.02 Å². The van der Waals surface area contributed by atoms with Gasteiger partial charge in [-0.3, -0.25) is 0 Å². The summed E-state index contributed by atoms with van der Waals surface area (Å²) in [5, 5.41) is 0.399. The maximum atomic E-state index is 12.4. The van der Waals surface area contributed by atoms with Crippen LogP contribution in [0.5, 0.6) is 5.75 Å². The topological polar surface area (TPSA) is 26.3 Å². The highest BCUT2D eigenvalue weighted by atomic mass is 79.9. The molecule has 0 aromatic heterocycles. The van der Waals surface area contributed by atoms with Gasteiger partial charge in [-0.25, -0.2) is 4.79 Å². The van der Waals surface area contributed by atoms with E-state index in [1.54, 1.807) is 18.2 Å². The van der Waals surface area contributed by atoms with Gasteiger partial charge in [-0.05, 0) is 47.9 Å². The lowest BCUT2D eigenvalue weighted by atomic mass is 10.0.